The van der Waals surface area contributed by atoms with E-state index in [4.69, 9.17) is 4.52 Å². The first-order valence-corrected chi connectivity index (χ1v) is 5.09. The lowest BCUT2D eigenvalue weighted by atomic mass is 10.1. The van der Waals surface area contributed by atoms with Gasteiger partial charge >= 0.3 is 0 Å². The van der Waals surface area contributed by atoms with Crippen LogP contribution < -0.4 is 0 Å². The molecule has 1 aromatic heterocycles. The van der Waals surface area contributed by atoms with Gasteiger partial charge in [0.25, 0.3) is 0 Å². The van der Waals surface area contributed by atoms with Crippen LogP contribution in [-0.4, -0.2) is 16.4 Å². The highest BCUT2D eigenvalue weighted by molar-refractivity contribution is 9.10. The molecular formula is C10H7BrN2O2. The van der Waals surface area contributed by atoms with Gasteiger partial charge in [-0.3, -0.25) is 4.79 Å². The number of carbonyl (C=O) groups is 1. The lowest BCUT2D eigenvalue weighted by Gasteiger charge is -1.96. The summed E-state index contributed by atoms with van der Waals surface area (Å²) in [4.78, 5) is 14.2. The lowest BCUT2D eigenvalue weighted by molar-refractivity contribution is 0.111. The first-order valence-electron chi connectivity index (χ1n) is 4.30. The van der Waals surface area contributed by atoms with Crippen LogP contribution in [0, 0.1) is 0 Å². The highest BCUT2D eigenvalue weighted by atomic mass is 79.9. The average Bonchev–Trinajstić information content (AvgIpc) is 2.65. The fourth-order valence-electron chi connectivity index (χ4n) is 1.21. The van der Waals surface area contributed by atoms with E-state index in [1.165, 1.54) is 0 Å². The topological polar surface area (TPSA) is 56.0 Å². The van der Waals surface area contributed by atoms with Crippen molar-refractivity contribution in [3.05, 3.63) is 46.0 Å². The Morgan fingerprint density at radius 3 is 3.00 bits per heavy atom. The predicted molar refractivity (Wildman–Crippen MR) is 56.6 cm³/mol. The second-order valence-electron chi connectivity index (χ2n) is 2.97. The van der Waals surface area contributed by atoms with Crippen LogP contribution in [0.5, 0.6) is 0 Å². The maximum absolute atomic E-state index is 10.3. The van der Waals surface area contributed by atoms with E-state index < -0.39 is 0 Å². The zero-order valence-corrected chi connectivity index (χ0v) is 9.27. The zero-order valence-electron chi connectivity index (χ0n) is 7.68. The molecule has 2 aromatic rings. The van der Waals surface area contributed by atoms with Gasteiger partial charge in [-0.15, -0.1) is 0 Å². The molecule has 2 rings (SSSR count). The van der Waals surface area contributed by atoms with Crippen molar-refractivity contribution in [1.29, 1.82) is 0 Å². The second-order valence-corrected chi connectivity index (χ2v) is 3.89. The van der Waals surface area contributed by atoms with Crippen LogP contribution in [0.25, 0.3) is 0 Å². The Labute approximate surface area is 94.4 Å². The van der Waals surface area contributed by atoms with Gasteiger partial charge in [0.1, 0.15) is 0 Å². The van der Waals surface area contributed by atoms with Crippen molar-refractivity contribution in [3.8, 4) is 0 Å². The number of aldehydes is 1. The van der Waals surface area contributed by atoms with Crippen LogP contribution in [-0.2, 0) is 6.42 Å². The van der Waals surface area contributed by atoms with Crippen LogP contribution in [0.2, 0.25) is 0 Å². The Morgan fingerprint density at radius 1 is 1.47 bits per heavy atom. The van der Waals surface area contributed by atoms with Gasteiger partial charge in [-0.05, 0) is 17.7 Å². The van der Waals surface area contributed by atoms with E-state index in [-0.39, 0.29) is 5.82 Å². The minimum atomic E-state index is 0.0833. The van der Waals surface area contributed by atoms with Gasteiger partial charge in [-0.1, -0.05) is 33.2 Å². The van der Waals surface area contributed by atoms with Gasteiger partial charge in [0.15, 0.2) is 6.29 Å². The minimum Gasteiger partial charge on any atom is -0.339 e. The monoisotopic (exact) mass is 266 g/mol. The summed E-state index contributed by atoms with van der Waals surface area (Å²) in [5.74, 6) is 0.523. The molecule has 5 heteroatoms. The standard InChI is InChI=1S/C10H7BrN2O2/c11-8-3-1-2-7(4-8)5-10-12-9(6-14)13-15-10/h1-4,6H,5H2. The number of aromatic nitrogens is 2. The Hall–Kier alpha value is -1.49. The third-order valence-corrected chi connectivity index (χ3v) is 2.33. The van der Waals surface area contributed by atoms with Gasteiger partial charge in [-0.25, -0.2) is 0 Å². The molecule has 0 aliphatic carbocycles. The van der Waals surface area contributed by atoms with Crippen molar-refractivity contribution < 1.29 is 9.32 Å². The highest BCUT2D eigenvalue weighted by Gasteiger charge is 2.05. The Bertz CT molecular complexity index is 482. The third kappa shape index (κ3) is 2.50. The van der Waals surface area contributed by atoms with E-state index in [0.29, 0.717) is 18.6 Å². The molecule has 1 heterocycles. The fourth-order valence-corrected chi connectivity index (χ4v) is 1.66. The molecule has 0 amide bonds. The number of hydrogen-bond acceptors (Lipinski definition) is 4. The number of rotatable bonds is 3. The summed E-state index contributed by atoms with van der Waals surface area (Å²) in [6.07, 6.45) is 1.09. The molecule has 4 nitrogen and oxygen atoms in total. The molecule has 0 fully saturated rings. The van der Waals surface area contributed by atoms with Gasteiger partial charge in [0.05, 0.1) is 6.42 Å². The third-order valence-electron chi connectivity index (χ3n) is 1.83. The van der Waals surface area contributed by atoms with Crippen molar-refractivity contribution >= 4 is 22.2 Å². The van der Waals surface area contributed by atoms with Crippen LogP contribution in [0.15, 0.2) is 33.3 Å². The first-order chi connectivity index (χ1) is 7.28. The Kier molecular flexibility index (Phi) is 2.91. The minimum absolute atomic E-state index is 0.0833. The molecule has 0 aliphatic heterocycles. The van der Waals surface area contributed by atoms with Crippen molar-refractivity contribution in [3.63, 3.8) is 0 Å². The molecule has 0 N–H and O–H groups in total. The van der Waals surface area contributed by atoms with E-state index >= 15 is 0 Å². The van der Waals surface area contributed by atoms with Gasteiger partial charge in [0, 0.05) is 4.47 Å². The molecule has 0 aliphatic rings. The number of nitrogens with zero attached hydrogens (tertiary/aromatic N) is 2. The maximum Gasteiger partial charge on any atom is 0.235 e. The smallest absolute Gasteiger partial charge is 0.235 e. The Balaban J connectivity index is 2.18. The van der Waals surface area contributed by atoms with Crippen LogP contribution in [0.1, 0.15) is 22.1 Å². The normalized spacial score (nSPS) is 10.2. The van der Waals surface area contributed by atoms with Crippen LogP contribution in [0.4, 0.5) is 0 Å². The van der Waals surface area contributed by atoms with E-state index in [0.717, 1.165) is 10.0 Å². The van der Waals surface area contributed by atoms with Gasteiger partial charge in [-0.2, -0.15) is 4.98 Å². The number of carbonyl (C=O) groups excluding carboxylic acids is 1. The van der Waals surface area contributed by atoms with E-state index in [1.54, 1.807) is 0 Å². The molecule has 15 heavy (non-hydrogen) atoms. The predicted octanol–water partition coefficient (Wildman–Crippen LogP) is 2.24. The van der Waals surface area contributed by atoms with E-state index in [9.17, 15) is 4.79 Å². The average molecular weight is 267 g/mol. The van der Waals surface area contributed by atoms with Gasteiger partial charge in [0.2, 0.25) is 11.7 Å². The highest BCUT2D eigenvalue weighted by Crippen LogP contribution is 2.14. The quantitative estimate of drug-likeness (QED) is 0.800. The summed E-state index contributed by atoms with van der Waals surface area (Å²) in [5, 5.41) is 3.49. The molecule has 76 valence electrons. The molecule has 1 aromatic carbocycles. The molecule has 0 unspecified atom stereocenters. The fraction of sp³-hybridized carbons (Fsp3) is 0.100. The lowest BCUT2D eigenvalue weighted by Crippen LogP contribution is -1.89. The summed E-state index contributed by atoms with van der Waals surface area (Å²) in [7, 11) is 0. The summed E-state index contributed by atoms with van der Waals surface area (Å²) in [6, 6.07) is 7.78. The Morgan fingerprint density at radius 2 is 2.33 bits per heavy atom. The van der Waals surface area contributed by atoms with Gasteiger partial charge < -0.3 is 4.52 Å². The van der Waals surface area contributed by atoms with Crippen LogP contribution >= 0.6 is 15.9 Å². The SMILES string of the molecule is O=Cc1noc(Cc2cccc(Br)c2)n1. The first kappa shape index (κ1) is 10.0. The molecular weight excluding hydrogens is 260 g/mol. The largest absolute Gasteiger partial charge is 0.339 e. The second kappa shape index (κ2) is 4.35. The number of benzene rings is 1. The van der Waals surface area contributed by atoms with Crippen molar-refractivity contribution in [2.24, 2.45) is 0 Å². The summed E-state index contributed by atoms with van der Waals surface area (Å²) >= 11 is 3.37. The zero-order chi connectivity index (χ0) is 10.7. The molecule has 0 bridgehead atoms. The molecule has 0 spiro atoms. The van der Waals surface area contributed by atoms with Crippen molar-refractivity contribution in [2.75, 3.05) is 0 Å². The number of halogens is 1. The molecule has 0 saturated carbocycles. The number of hydrogen-bond donors (Lipinski definition) is 0. The summed E-state index contributed by atoms with van der Waals surface area (Å²) in [6.45, 7) is 0. The summed E-state index contributed by atoms with van der Waals surface area (Å²) < 4.78 is 5.89. The van der Waals surface area contributed by atoms with E-state index in [1.807, 2.05) is 24.3 Å². The van der Waals surface area contributed by atoms with Crippen molar-refractivity contribution in [1.82, 2.24) is 10.1 Å². The van der Waals surface area contributed by atoms with E-state index in [2.05, 4.69) is 26.1 Å². The van der Waals surface area contributed by atoms with Crippen LogP contribution in [0.3, 0.4) is 0 Å². The summed E-state index contributed by atoms with van der Waals surface area (Å²) in [5.41, 5.74) is 1.05. The maximum atomic E-state index is 10.3. The van der Waals surface area contributed by atoms with Crippen molar-refractivity contribution in [2.45, 2.75) is 6.42 Å². The molecule has 0 saturated heterocycles. The molecule has 0 radical (unpaired) electrons. The molecule has 0 atom stereocenters.